The number of hydrogen-bond donors (Lipinski definition) is 1. The Bertz CT molecular complexity index is 838. The minimum absolute atomic E-state index is 0.0304. The first-order valence-corrected chi connectivity index (χ1v) is 8.98. The molecule has 0 spiro atoms. The Balaban J connectivity index is 1.83. The molecule has 26 heavy (non-hydrogen) atoms. The smallest absolute Gasteiger partial charge is 0.261 e. The van der Waals surface area contributed by atoms with Crippen molar-refractivity contribution in [3.63, 3.8) is 0 Å². The standard InChI is InChI=1S/C20H21ClN2O3/c1-3-13(2)23-11-14-10-15(8-9-18(14)26-12-19(23)24)22-20(25)16-6-4-5-7-17(16)21/h4-10,13H,3,11-12H2,1-2H3,(H,22,25). The van der Waals surface area contributed by atoms with Crippen LogP contribution < -0.4 is 10.1 Å². The highest BCUT2D eigenvalue weighted by Crippen LogP contribution is 2.28. The molecule has 0 aliphatic carbocycles. The summed E-state index contributed by atoms with van der Waals surface area (Å²) in [5.74, 6) is 0.358. The largest absolute Gasteiger partial charge is 0.483 e. The van der Waals surface area contributed by atoms with Crippen LogP contribution >= 0.6 is 11.6 Å². The normalized spacial score (nSPS) is 14.9. The van der Waals surface area contributed by atoms with Gasteiger partial charge in [0.1, 0.15) is 5.75 Å². The molecule has 5 nitrogen and oxygen atoms in total. The maximum absolute atomic E-state index is 12.5. The molecule has 2 aromatic carbocycles. The van der Waals surface area contributed by atoms with E-state index in [2.05, 4.69) is 5.32 Å². The third kappa shape index (κ3) is 3.83. The van der Waals surface area contributed by atoms with Crippen LogP contribution in [0.15, 0.2) is 42.5 Å². The Labute approximate surface area is 157 Å². The van der Waals surface area contributed by atoms with Gasteiger partial charge in [-0.1, -0.05) is 30.7 Å². The average Bonchev–Trinajstić information content (AvgIpc) is 2.80. The van der Waals surface area contributed by atoms with Crippen molar-refractivity contribution in [3.05, 3.63) is 58.6 Å². The SMILES string of the molecule is CCC(C)N1Cc2cc(NC(=O)c3ccccc3Cl)ccc2OCC1=O. The number of nitrogens with one attached hydrogen (secondary N) is 1. The molecule has 0 radical (unpaired) electrons. The number of carbonyl (C=O) groups is 2. The molecule has 0 aromatic heterocycles. The van der Waals surface area contributed by atoms with Crippen molar-refractivity contribution >= 4 is 29.1 Å². The summed E-state index contributed by atoms with van der Waals surface area (Å²) < 4.78 is 5.62. The molecule has 0 saturated carbocycles. The van der Waals surface area contributed by atoms with Gasteiger partial charge in [-0.2, -0.15) is 0 Å². The molecule has 3 rings (SSSR count). The van der Waals surface area contributed by atoms with Crippen LogP contribution in [0.2, 0.25) is 5.02 Å². The second-order valence-electron chi connectivity index (χ2n) is 6.32. The molecule has 1 aliphatic heterocycles. The van der Waals surface area contributed by atoms with Crippen molar-refractivity contribution in [2.75, 3.05) is 11.9 Å². The molecule has 0 bridgehead atoms. The van der Waals surface area contributed by atoms with Crippen LogP contribution in [0.25, 0.3) is 0 Å². The maximum Gasteiger partial charge on any atom is 0.261 e. The molecule has 1 unspecified atom stereocenters. The van der Waals surface area contributed by atoms with Crippen LogP contribution in [0.5, 0.6) is 5.75 Å². The second-order valence-corrected chi connectivity index (χ2v) is 6.73. The molecule has 1 atom stereocenters. The topological polar surface area (TPSA) is 58.6 Å². The van der Waals surface area contributed by atoms with Gasteiger partial charge < -0.3 is 15.0 Å². The monoisotopic (exact) mass is 372 g/mol. The minimum Gasteiger partial charge on any atom is -0.483 e. The molecule has 1 heterocycles. The van der Waals surface area contributed by atoms with Gasteiger partial charge in [0.25, 0.3) is 11.8 Å². The Kier molecular flexibility index (Phi) is 5.47. The lowest BCUT2D eigenvalue weighted by atomic mass is 10.1. The van der Waals surface area contributed by atoms with Gasteiger partial charge in [0, 0.05) is 23.8 Å². The van der Waals surface area contributed by atoms with E-state index >= 15 is 0 Å². The van der Waals surface area contributed by atoms with Crippen LogP contribution in [0, 0.1) is 0 Å². The zero-order valence-corrected chi connectivity index (χ0v) is 15.5. The lowest BCUT2D eigenvalue weighted by Gasteiger charge is -2.26. The van der Waals surface area contributed by atoms with Crippen molar-refractivity contribution in [1.29, 1.82) is 0 Å². The van der Waals surface area contributed by atoms with Gasteiger partial charge in [0.2, 0.25) is 0 Å². The van der Waals surface area contributed by atoms with Crippen LogP contribution in [0.4, 0.5) is 5.69 Å². The van der Waals surface area contributed by atoms with Gasteiger partial charge in [-0.3, -0.25) is 9.59 Å². The molecule has 2 amide bonds. The number of anilines is 1. The number of nitrogens with zero attached hydrogens (tertiary/aromatic N) is 1. The number of amides is 2. The summed E-state index contributed by atoms with van der Waals surface area (Å²) in [6, 6.07) is 12.4. The molecule has 1 N–H and O–H groups in total. The van der Waals surface area contributed by atoms with E-state index in [4.69, 9.17) is 16.3 Å². The zero-order valence-electron chi connectivity index (χ0n) is 14.8. The lowest BCUT2D eigenvalue weighted by Crippen LogP contribution is -2.39. The van der Waals surface area contributed by atoms with Crippen molar-refractivity contribution in [3.8, 4) is 5.75 Å². The van der Waals surface area contributed by atoms with E-state index in [1.165, 1.54) is 0 Å². The first-order chi connectivity index (χ1) is 12.5. The molecule has 0 saturated heterocycles. The maximum atomic E-state index is 12.5. The Morgan fingerprint density at radius 2 is 2.08 bits per heavy atom. The van der Waals surface area contributed by atoms with E-state index in [0.29, 0.717) is 28.6 Å². The van der Waals surface area contributed by atoms with Gasteiger partial charge in [-0.15, -0.1) is 0 Å². The summed E-state index contributed by atoms with van der Waals surface area (Å²) in [5.41, 5.74) is 1.92. The van der Waals surface area contributed by atoms with Gasteiger partial charge in [-0.25, -0.2) is 0 Å². The van der Waals surface area contributed by atoms with E-state index in [1.807, 2.05) is 24.8 Å². The number of carbonyl (C=O) groups excluding carboxylic acids is 2. The van der Waals surface area contributed by atoms with Crippen molar-refractivity contribution in [1.82, 2.24) is 4.90 Å². The van der Waals surface area contributed by atoms with Gasteiger partial charge in [0.05, 0.1) is 10.6 Å². The van der Waals surface area contributed by atoms with E-state index in [1.54, 1.807) is 36.4 Å². The van der Waals surface area contributed by atoms with E-state index < -0.39 is 0 Å². The molecular formula is C20H21ClN2O3. The molecule has 136 valence electrons. The number of ether oxygens (including phenoxy) is 1. The number of hydrogen-bond acceptors (Lipinski definition) is 3. The van der Waals surface area contributed by atoms with Crippen LogP contribution in [-0.4, -0.2) is 29.4 Å². The van der Waals surface area contributed by atoms with Crippen LogP contribution in [0.3, 0.4) is 0 Å². The summed E-state index contributed by atoms with van der Waals surface area (Å²) in [4.78, 5) is 26.5. The highest BCUT2D eigenvalue weighted by Gasteiger charge is 2.25. The fourth-order valence-corrected chi connectivity index (χ4v) is 3.10. The van der Waals surface area contributed by atoms with Crippen LogP contribution in [-0.2, 0) is 11.3 Å². The molecule has 6 heteroatoms. The summed E-state index contributed by atoms with van der Waals surface area (Å²) >= 11 is 6.08. The molecular weight excluding hydrogens is 352 g/mol. The third-order valence-corrected chi connectivity index (χ3v) is 4.90. The minimum atomic E-state index is -0.278. The first-order valence-electron chi connectivity index (χ1n) is 8.60. The second kappa shape index (κ2) is 7.79. The first kappa shape index (κ1) is 18.3. The summed E-state index contributed by atoms with van der Waals surface area (Å²) in [5, 5.41) is 3.26. The average molecular weight is 373 g/mol. The Morgan fingerprint density at radius 1 is 1.31 bits per heavy atom. The third-order valence-electron chi connectivity index (χ3n) is 4.57. The van der Waals surface area contributed by atoms with Crippen molar-refractivity contribution in [2.24, 2.45) is 0 Å². The van der Waals surface area contributed by atoms with Crippen LogP contribution in [0.1, 0.15) is 36.2 Å². The van der Waals surface area contributed by atoms with Crippen molar-refractivity contribution in [2.45, 2.75) is 32.9 Å². The van der Waals surface area contributed by atoms with E-state index in [9.17, 15) is 9.59 Å². The van der Waals surface area contributed by atoms with Gasteiger partial charge in [-0.05, 0) is 43.7 Å². The Morgan fingerprint density at radius 3 is 2.81 bits per heavy atom. The van der Waals surface area contributed by atoms with Gasteiger partial charge >= 0.3 is 0 Å². The fourth-order valence-electron chi connectivity index (χ4n) is 2.88. The number of benzene rings is 2. The lowest BCUT2D eigenvalue weighted by molar-refractivity contribution is -0.135. The number of halogens is 1. The summed E-state index contributed by atoms with van der Waals surface area (Å²) in [6.07, 6.45) is 0.865. The fraction of sp³-hybridized carbons (Fsp3) is 0.300. The molecule has 1 aliphatic rings. The summed E-state index contributed by atoms with van der Waals surface area (Å²) in [6.45, 7) is 4.55. The van der Waals surface area contributed by atoms with Gasteiger partial charge in [0.15, 0.2) is 6.61 Å². The molecule has 2 aromatic rings. The van der Waals surface area contributed by atoms with Crippen molar-refractivity contribution < 1.29 is 14.3 Å². The zero-order chi connectivity index (χ0) is 18.7. The number of rotatable bonds is 4. The predicted octanol–water partition coefficient (Wildman–Crippen LogP) is 4.11. The van der Waals surface area contributed by atoms with E-state index in [-0.39, 0.29) is 24.5 Å². The van der Waals surface area contributed by atoms with E-state index in [0.717, 1.165) is 12.0 Å². The summed E-state index contributed by atoms with van der Waals surface area (Å²) in [7, 11) is 0. The molecule has 0 fully saturated rings. The Hall–Kier alpha value is -2.53. The number of fused-ring (bicyclic) bond motifs is 1. The highest BCUT2D eigenvalue weighted by atomic mass is 35.5. The quantitative estimate of drug-likeness (QED) is 0.878. The highest BCUT2D eigenvalue weighted by molar-refractivity contribution is 6.34. The predicted molar refractivity (Wildman–Crippen MR) is 102 cm³/mol.